The van der Waals surface area contributed by atoms with E-state index in [9.17, 15) is 24.6 Å². The van der Waals surface area contributed by atoms with Gasteiger partial charge >= 0.3 is 11.9 Å². The van der Waals surface area contributed by atoms with Crippen LogP contribution in [0.5, 0.6) is 0 Å². The Labute approximate surface area is 127 Å². The van der Waals surface area contributed by atoms with E-state index < -0.39 is 30.0 Å². The highest BCUT2D eigenvalue weighted by molar-refractivity contribution is 6.01. The second-order valence-corrected chi connectivity index (χ2v) is 4.86. The number of amides is 1. The van der Waals surface area contributed by atoms with Crippen molar-refractivity contribution in [3.63, 3.8) is 0 Å². The number of nitrogens with zero attached hydrogens (tertiary/aromatic N) is 1. The van der Waals surface area contributed by atoms with E-state index in [1.54, 1.807) is 30.3 Å². The first-order valence-electron chi connectivity index (χ1n) is 6.85. The third-order valence-electron chi connectivity index (χ3n) is 3.09. The van der Waals surface area contributed by atoms with Crippen molar-refractivity contribution in [3.8, 4) is 0 Å². The molecule has 2 atom stereocenters. The number of hydrogen-bond acceptors (Lipinski definition) is 4. The SMILES string of the molecule is CC(O)C(=O)N(c1ccccc1)C(CCCC(=O)O)C(=O)O. The third kappa shape index (κ3) is 4.85. The zero-order valence-corrected chi connectivity index (χ0v) is 12.2. The molecule has 7 nitrogen and oxygen atoms in total. The number of hydrogen-bond donors (Lipinski definition) is 3. The molecule has 0 saturated heterocycles. The summed E-state index contributed by atoms with van der Waals surface area (Å²) >= 11 is 0. The average Bonchev–Trinajstić information content (AvgIpc) is 2.46. The Morgan fingerprint density at radius 2 is 1.73 bits per heavy atom. The van der Waals surface area contributed by atoms with E-state index in [4.69, 9.17) is 5.11 Å². The number of aliphatic hydroxyl groups excluding tert-OH is 1. The summed E-state index contributed by atoms with van der Waals surface area (Å²) in [6.45, 7) is 1.26. The molecule has 0 aliphatic carbocycles. The lowest BCUT2D eigenvalue weighted by atomic mass is 10.1. The number of carboxylic acids is 2. The minimum absolute atomic E-state index is 0.0189. The van der Waals surface area contributed by atoms with E-state index >= 15 is 0 Å². The molecule has 2 unspecified atom stereocenters. The average molecular weight is 309 g/mol. The lowest BCUT2D eigenvalue weighted by Gasteiger charge is -2.30. The second kappa shape index (κ2) is 8.14. The highest BCUT2D eigenvalue weighted by Crippen LogP contribution is 2.21. The zero-order chi connectivity index (χ0) is 16.7. The number of benzene rings is 1. The van der Waals surface area contributed by atoms with Crippen LogP contribution in [0.2, 0.25) is 0 Å². The summed E-state index contributed by atoms with van der Waals surface area (Å²) in [6, 6.07) is 6.90. The van der Waals surface area contributed by atoms with Crippen molar-refractivity contribution in [3.05, 3.63) is 30.3 Å². The third-order valence-corrected chi connectivity index (χ3v) is 3.09. The Morgan fingerprint density at radius 1 is 1.14 bits per heavy atom. The van der Waals surface area contributed by atoms with Crippen molar-refractivity contribution in [2.24, 2.45) is 0 Å². The molecule has 7 heteroatoms. The van der Waals surface area contributed by atoms with Gasteiger partial charge in [0.2, 0.25) is 0 Å². The summed E-state index contributed by atoms with van der Waals surface area (Å²) in [7, 11) is 0. The first-order chi connectivity index (χ1) is 10.3. The number of anilines is 1. The van der Waals surface area contributed by atoms with Crippen LogP contribution < -0.4 is 4.90 Å². The van der Waals surface area contributed by atoms with Gasteiger partial charge < -0.3 is 15.3 Å². The highest BCUT2D eigenvalue weighted by atomic mass is 16.4. The maximum atomic E-state index is 12.2. The molecule has 0 fully saturated rings. The number of carbonyl (C=O) groups excluding carboxylic acids is 1. The van der Waals surface area contributed by atoms with E-state index in [0.717, 1.165) is 4.90 Å². The van der Waals surface area contributed by atoms with Crippen LogP contribution in [0.1, 0.15) is 26.2 Å². The Kier molecular flexibility index (Phi) is 6.52. The number of aliphatic carboxylic acids is 2. The molecule has 22 heavy (non-hydrogen) atoms. The van der Waals surface area contributed by atoms with Crippen molar-refractivity contribution in [1.29, 1.82) is 0 Å². The minimum Gasteiger partial charge on any atom is -0.481 e. The van der Waals surface area contributed by atoms with Gasteiger partial charge in [-0.05, 0) is 31.9 Å². The van der Waals surface area contributed by atoms with Gasteiger partial charge in [0.15, 0.2) is 0 Å². The molecule has 1 aromatic carbocycles. The number of rotatable bonds is 8. The van der Waals surface area contributed by atoms with Crippen LogP contribution in [0.3, 0.4) is 0 Å². The summed E-state index contributed by atoms with van der Waals surface area (Å²) in [4.78, 5) is 35.3. The Balaban J connectivity index is 3.07. The van der Waals surface area contributed by atoms with Gasteiger partial charge in [0, 0.05) is 12.1 Å². The summed E-state index contributed by atoms with van der Waals surface area (Å²) in [5.74, 6) is -3.02. The van der Waals surface area contributed by atoms with E-state index in [2.05, 4.69) is 0 Å². The molecular formula is C15H19NO6. The Hall–Kier alpha value is -2.41. The largest absolute Gasteiger partial charge is 0.481 e. The molecule has 0 bridgehead atoms. The summed E-state index contributed by atoms with van der Waals surface area (Å²) < 4.78 is 0. The molecule has 0 spiro atoms. The molecule has 120 valence electrons. The van der Waals surface area contributed by atoms with Crippen molar-refractivity contribution in [2.75, 3.05) is 4.90 Å². The van der Waals surface area contributed by atoms with Crippen LogP contribution in [0.25, 0.3) is 0 Å². The lowest BCUT2D eigenvalue weighted by molar-refractivity contribution is -0.142. The fraction of sp³-hybridized carbons (Fsp3) is 0.400. The van der Waals surface area contributed by atoms with Crippen LogP contribution in [0, 0.1) is 0 Å². The van der Waals surface area contributed by atoms with E-state index in [1.165, 1.54) is 6.92 Å². The lowest BCUT2D eigenvalue weighted by Crippen LogP contribution is -2.49. The van der Waals surface area contributed by atoms with Crippen LogP contribution >= 0.6 is 0 Å². The first-order valence-corrected chi connectivity index (χ1v) is 6.85. The van der Waals surface area contributed by atoms with Crippen LogP contribution in [-0.4, -0.2) is 45.3 Å². The maximum absolute atomic E-state index is 12.2. The molecule has 0 aliphatic rings. The molecule has 0 heterocycles. The number of carboxylic acid groups (broad SMARTS) is 2. The quantitative estimate of drug-likeness (QED) is 0.662. The molecule has 0 radical (unpaired) electrons. The van der Waals surface area contributed by atoms with Gasteiger partial charge in [0.25, 0.3) is 5.91 Å². The first kappa shape index (κ1) is 17.6. The normalized spacial score (nSPS) is 13.2. The molecule has 1 rings (SSSR count). The smallest absolute Gasteiger partial charge is 0.326 e. The van der Waals surface area contributed by atoms with Gasteiger partial charge in [-0.25, -0.2) is 4.79 Å². The van der Waals surface area contributed by atoms with Crippen molar-refractivity contribution < 1.29 is 29.7 Å². The fourth-order valence-corrected chi connectivity index (χ4v) is 2.06. The topological polar surface area (TPSA) is 115 Å². The molecule has 1 aromatic rings. The van der Waals surface area contributed by atoms with Gasteiger partial charge in [-0.2, -0.15) is 0 Å². The van der Waals surface area contributed by atoms with Gasteiger partial charge in [-0.3, -0.25) is 14.5 Å². The second-order valence-electron chi connectivity index (χ2n) is 4.86. The molecule has 0 aromatic heterocycles. The predicted octanol–water partition coefficient (Wildman–Crippen LogP) is 1.11. The summed E-state index contributed by atoms with van der Waals surface area (Å²) in [5, 5.41) is 27.5. The Bertz CT molecular complexity index is 528. The fourth-order valence-electron chi connectivity index (χ4n) is 2.06. The van der Waals surface area contributed by atoms with E-state index in [-0.39, 0.29) is 19.3 Å². The van der Waals surface area contributed by atoms with Crippen LogP contribution in [0.15, 0.2) is 30.3 Å². The van der Waals surface area contributed by atoms with E-state index in [1.807, 2.05) is 0 Å². The van der Waals surface area contributed by atoms with Gasteiger partial charge in [0.05, 0.1) is 0 Å². The Morgan fingerprint density at radius 3 is 2.18 bits per heavy atom. The summed E-state index contributed by atoms with van der Waals surface area (Å²) in [5.41, 5.74) is 0.344. The molecule has 1 amide bonds. The maximum Gasteiger partial charge on any atom is 0.326 e. The molecular weight excluding hydrogens is 290 g/mol. The van der Waals surface area contributed by atoms with Crippen LogP contribution in [-0.2, 0) is 14.4 Å². The number of carbonyl (C=O) groups is 3. The molecule has 0 saturated carbocycles. The van der Waals surface area contributed by atoms with Crippen molar-refractivity contribution in [1.82, 2.24) is 0 Å². The standard InChI is InChI=1S/C15H19NO6/c1-10(17)14(20)16(11-6-3-2-4-7-11)12(15(21)22)8-5-9-13(18)19/h2-4,6-7,10,12,17H,5,8-9H2,1H3,(H,18,19)(H,21,22). The van der Waals surface area contributed by atoms with Gasteiger partial charge in [-0.1, -0.05) is 18.2 Å². The number of para-hydroxylation sites is 1. The van der Waals surface area contributed by atoms with E-state index in [0.29, 0.717) is 5.69 Å². The predicted molar refractivity (Wildman–Crippen MR) is 78.5 cm³/mol. The summed E-state index contributed by atoms with van der Waals surface area (Å²) in [6.07, 6.45) is -1.45. The van der Waals surface area contributed by atoms with Gasteiger partial charge in [0.1, 0.15) is 12.1 Å². The number of aliphatic hydroxyl groups is 1. The van der Waals surface area contributed by atoms with Crippen LogP contribution in [0.4, 0.5) is 5.69 Å². The monoisotopic (exact) mass is 309 g/mol. The minimum atomic E-state index is -1.36. The van der Waals surface area contributed by atoms with Gasteiger partial charge in [-0.15, -0.1) is 0 Å². The van der Waals surface area contributed by atoms with Crippen molar-refractivity contribution in [2.45, 2.75) is 38.3 Å². The zero-order valence-electron chi connectivity index (χ0n) is 12.2. The van der Waals surface area contributed by atoms with Crippen molar-refractivity contribution >= 4 is 23.5 Å². The molecule has 3 N–H and O–H groups in total. The molecule has 0 aliphatic heterocycles. The highest BCUT2D eigenvalue weighted by Gasteiger charge is 2.32.